The lowest BCUT2D eigenvalue weighted by Crippen LogP contribution is -2.38. The van der Waals surface area contributed by atoms with Crippen molar-refractivity contribution in [3.05, 3.63) is 122 Å². The van der Waals surface area contributed by atoms with Gasteiger partial charge < -0.3 is 15.2 Å². The van der Waals surface area contributed by atoms with E-state index in [1.165, 1.54) is 24.3 Å². The summed E-state index contributed by atoms with van der Waals surface area (Å²) in [5, 5.41) is 1.37. The summed E-state index contributed by atoms with van der Waals surface area (Å²) in [4.78, 5) is 52.0. The Morgan fingerprint density at radius 1 is 0.925 bits per heavy atom. The minimum Gasteiger partial charge on any atom is -0.457 e. The molecule has 5 rings (SSSR count). The van der Waals surface area contributed by atoms with E-state index < -0.39 is 29.7 Å². The molecule has 1 aliphatic heterocycles. The van der Waals surface area contributed by atoms with Gasteiger partial charge in [0.25, 0.3) is 5.91 Å². The molecule has 3 amide bonds. The Balaban J connectivity index is 1.45. The van der Waals surface area contributed by atoms with E-state index in [1.807, 2.05) is 30.3 Å². The summed E-state index contributed by atoms with van der Waals surface area (Å²) in [6.07, 6.45) is 0. The van der Waals surface area contributed by atoms with Gasteiger partial charge in [-0.05, 0) is 53.4 Å². The summed E-state index contributed by atoms with van der Waals surface area (Å²) in [5.74, 6) is -3.38. The van der Waals surface area contributed by atoms with Crippen LogP contribution in [0.25, 0.3) is 11.3 Å². The number of imide groups is 1. The molecule has 40 heavy (non-hydrogen) atoms. The number of fused-ring (bicyclic) bond motifs is 1. The average molecular weight is 577 g/mol. The highest BCUT2D eigenvalue weighted by Crippen LogP contribution is 2.44. The van der Waals surface area contributed by atoms with Crippen molar-refractivity contribution >= 4 is 63.8 Å². The van der Waals surface area contributed by atoms with E-state index in [0.717, 1.165) is 29.0 Å². The number of halogens is 2. The van der Waals surface area contributed by atoms with Gasteiger partial charge in [0.15, 0.2) is 5.76 Å². The smallest absolute Gasteiger partial charge is 0.343 e. The second-order valence-electron chi connectivity index (χ2n) is 8.47. The minimum absolute atomic E-state index is 0.0154. The van der Waals surface area contributed by atoms with Crippen molar-refractivity contribution in [2.24, 2.45) is 5.73 Å². The molecule has 1 aromatic heterocycles. The van der Waals surface area contributed by atoms with Gasteiger partial charge in [-0.3, -0.25) is 4.79 Å². The molecule has 0 fully saturated rings. The molecule has 0 spiro atoms. The first kappa shape index (κ1) is 26.8. The van der Waals surface area contributed by atoms with Crippen LogP contribution in [-0.2, 0) is 20.9 Å². The van der Waals surface area contributed by atoms with E-state index in [2.05, 4.69) is 0 Å². The molecule has 2 heterocycles. The lowest BCUT2D eigenvalue weighted by molar-refractivity contribution is -0.112. The maximum absolute atomic E-state index is 14.4. The molecule has 0 atom stereocenters. The topological polar surface area (TPSA) is 116 Å². The van der Waals surface area contributed by atoms with E-state index in [1.54, 1.807) is 17.5 Å². The average Bonchev–Trinajstić information content (AvgIpc) is 3.58. The number of carbonyl (C=O) groups is 4. The summed E-state index contributed by atoms with van der Waals surface area (Å²) in [6, 6.07) is 19.0. The van der Waals surface area contributed by atoms with Gasteiger partial charge in [-0.25, -0.2) is 23.7 Å². The van der Waals surface area contributed by atoms with Gasteiger partial charge in [-0.2, -0.15) is 0 Å². The van der Waals surface area contributed by atoms with Crippen molar-refractivity contribution in [1.29, 1.82) is 0 Å². The fraction of sp³-hybridized carbons (Fsp3) is 0.0345. The molecule has 8 nitrogen and oxygen atoms in total. The third kappa shape index (κ3) is 5.22. The Bertz CT molecular complexity index is 1670. The predicted molar refractivity (Wildman–Crippen MR) is 147 cm³/mol. The summed E-state index contributed by atoms with van der Waals surface area (Å²) < 4.78 is 25.4. The second-order valence-corrected chi connectivity index (χ2v) is 9.83. The standard InChI is InChI=1S/C29H18ClFN2O6S/c30-20-14-22-19(13-21(20)31)24(26(34)33(22)29(32)37)25(23-7-4-12-40-23)39-28(36)18-10-8-17(9-11-18)27(35)38-15-16-5-2-1-3-6-16/h1-14H,15H2,(H2,32,37). The predicted octanol–water partition coefficient (Wildman–Crippen LogP) is 6.05. The second kappa shape index (κ2) is 11.1. The molecular formula is C29H18ClFN2O6S. The Kier molecular flexibility index (Phi) is 7.45. The number of anilines is 1. The number of primary amides is 1. The van der Waals surface area contributed by atoms with E-state index in [-0.39, 0.29) is 45.3 Å². The first-order valence-electron chi connectivity index (χ1n) is 11.7. The SMILES string of the molecule is NC(=O)N1C(=O)C(=C(OC(=O)c2ccc(C(=O)OCc3ccccc3)cc2)c2cccs2)c2cc(F)c(Cl)cc21. The zero-order valence-corrected chi connectivity index (χ0v) is 22.0. The zero-order valence-electron chi connectivity index (χ0n) is 20.4. The number of hydrogen-bond acceptors (Lipinski definition) is 7. The van der Waals surface area contributed by atoms with Crippen LogP contribution >= 0.6 is 22.9 Å². The van der Waals surface area contributed by atoms with Crippen molar-refractivity contribution < 1.29 is 33.0 Å². The Hall–Kier alpha value is -4.80. The Labute approximate surface area is 236 Å². The van der Waals surface area contributed by atoms with Crippen molar-refractivity contribution in [1.82, 2.24) is 0 Å². The molecule has 0 saturated heterocycles. The summed E-state index contributed by atoms with van der Waals surface area (Å²) in [6.45, 7) is 0.0881. The normalized spacial score (nSPS) is 13.6. The van der Waals surface area contributed by atoms with Crippen LogP contribution in [-0.4, -0.2) is 23.9 Å². The fourth-order valence-electron chi connectivity index (χ4n) is 4.03. The monoisotopic (exact) mass is 576 g/mol. The highest BCUT2D eigenvalue weighted by atomic mass is 35.5. The van der Waals surface area contributed by atoms with Crippen LogP contribution in [0.2, 0.25) is 5.02 Å². The molecule has 11 heteroatoms. The van der Waals surface area contributed by atoms with Crippen LogP contribution in [0.4, 0.5) is 14.9 Å². The number of rotatable bonds is 6. The number of hydrogen-bond donors (Lipinski definition) is 1. The van der Waals surface area contributed by atoms with Crippen LogP contribution in [0.5, 0.6) is 0 Å². The van der Waals surface area contributed by atoms with Gasteiger partial charge in [0.1, 0.15) is 12.4 Å². The quantitative estimate of drug-likeness (QED) is 0.170. The van der Waals surface area contributed by atoms with Gasteiger partial charge >= 0.3 is 18.0 Å². The number of nitrogens with two attached hydrogens (primary N) is 1. The molecule has 3 aromatic carbocycles. The van der Waals surface area contributed by atoms with Gasteiger partial charge in [-0.1, -0.05) is 48.0 Å². The number of urea groups is 1. The largest absolute Gasteiger partial charge is 0.457 e. The molecule has 4 aromatic rings. The van der Waals surface area contributed by atoms with Crippen LogP contribution in [0, 0.1) is 5.82 Å². The number of nitrogens with zero attached hydrogens (tertiary/aromatic N) is 1. The summed E-state index contributed by atoms with van der Waals surface area (Å²) in [7, 11) is 0. The lowest BCUT2D eigenvalue weighted by atomic mass is 10.0. The number of esters is 2. The molecule has 1 aliphatic rings. The molecule has 0 bridgehead atoms. The molecular weight excluding hydrogens is 559 g/mol. The molecule has 200 valence electrons. The molecule has 0 saturated carbocycles. The summed E-state index contributed by atoms with van der Waals surface area (Å²) in [5.41, 5.74) is 6.24. The fourth-order valence-corrected chi connectivity index (χ4v) is 4.90. The van der Waals surface area contributed by atoms with Crippen molar-refractivity contribution in [2.45, 2.75) is 6.61 Å². The van der Waals surface area contributed by atoms with E-state index >= 15 is 0 Å². The van der Waals surface area contributed by atoms with Crippen LogP contribution < -0.4 is 10.6 Å². The molecule has 2 N–H and O–H groups in total. The number of ether oxygens (including phenoxy) is 2. The number of thiophene rings is 1. The van der Waals surface area contributed by atoms with E-state index in [9.17, 15) is 23.6 Å². The first-order valence-corrected chi connectivity index (χ1v) is 12.9. The van der Waals surface area contributed by atoms with Crippen molar-refractivity contribution in [3.63, 3.8) is 0 Å². The number of benzene rings is 3. The van der Waals surface area contributed by atoms with Gasteiger partial charge in [0, 0.05) is 5.56 Å². The Morgan fingerprint density at radius 3 is 2.23 bits per heavy atom. The molecule has 0 radical (unpaired) electrons. The lowest BCUT2D eigenvalue weighted by Gasteiger charge is -2.12. The maximum atomic E-state index is 14.4. The van der Waals surface area contributed by atoms with Gasteiger partial charge in [-0.15, -0.1) is 11.3 Å². The van der Waals surface area contributed by atoms with Crippen molar-refractivity contribution in [2.75, 3.05) is 4.90 Å². The zero-order chi connectivity index (χ0) is 28.4. The van der Waals surface area contributed by atoms with Crippen LogP contribution in [0.15, 0.2) is 84.2 Å². The van der Waals surface area contributed by atoms with Gasteiger partial charge in [0.2, 0.25) is 0 Å². The third-order valence-electron chi connectivity index (χ3n) is 5.92. The third-order valence-corrected chi connectivity index (χ3v) is 7.08. The van der Waals surface area contributed by atoms with Crippen LogP contribution in [0.3, 0.4) is 0 Å². The van der Waals surface area contributed by atoms with E-state index in [4.69, 9.17) is 26.8 Å². The molecule has 0 aliphatic carbocycles. The number of amides is 3. The first-order chi connectivity index (χ1) is 19.2. The number of carbonyl (C=O) groups excluding carboxylic acids is 4. The van der Waals surface area contributed by atoms with Gasteiger partial charge in [0.05, 0.1) is 32.3 Å². The highest BCUT2D eigenvalue weighted by Gasteiger charge is 2.40. The Morgan fingerprint density at radius 2 is 1.60 bits per heavy atom. The van der Waals surface area contributed by atoms with E-state index in [0.29, 0.717) is 9.78 Å². The van der Waals surface area contributed by atoms with Crippen molar-refractivity contribution in [3.8, 4) is 0 Å². The van der Waals surface area contributed by atoms with Crippen LogP contribution in [0.1, 0.15) is 36.7 Å². The molecule has 0 unspecified atom stereocenters. The minimum atomic E-state index is -1.12. The maximum Gasteiger partial charge on any atom is 0.343 e. The highest BCUT2D eigenvalue weighted by molar-refractivity contribution is 7.11. The summed E-state index contributed by atoms with van der Waals surface area (Å²) >= 11 is 7.05.